The molecule has 0 bridgehead atoms. The van der Waals surface area contributed by atoms with Crippen LogP contribution < -0.4 is 10.7 Å². The van der Waals surface area contributed by atoms with Crippen LogP contribution in [0.1, 0.15) is 5.56 Å². The van der Waals surface area contributed by atoms with Crippen molar-refractivity contribution >= 4 is 45.2 Å². The molecule has 7 heteroatoms. The van der Waals surface area contributed by atoms with Gasteiger partial charge in [-0.1, -0.05) is 46.3 Å². The van der Waals surface area contributed by atoms with E-state index >= 15 is 0 Å². The molecule has 0 aliphatic carbocycles. The van der Waals surface area contributed by atoms with Crippen molar-refractivity contribution in [1.29, 1.82) is 0 Å². The van der Waals surface area contributed by atoms with Gasteiger partial charge in [0.2, 0.25) is 0 Å². The van der Waals surface area contributed by atoms with Crippen molar-refractivity contribution < 1.29 is 0 Å². The number of benzene rings is 2. The highest BCUT2D eigenvalue weighted by molar-refractivity contribution is 9.10. The van der Waals surface area contributed by atoms with E-state index in [1.165, 1.54) is 0 Å². The lowest BCUT2D eigenvalue weighted by Gasteiger charge is -2.06. The Hall–Kier alpha value is -2.51. The van der Waals surface area contributed by atoms with Crippen LogP contribution in [-0.4, -0.2) is 21.5 Å². The molecule has 0 unspecified atom stereocenters. The summed E-state index contributed by atoms with van der Waals surface area (Å²) < 4.78 is 1.00. The minimum absolute atomic E-state index is 0.421. The van der Waals surface area contributed by atoms with E-state index in [-0.39, 0.29) is 0 Å². The fourth-order valence-electron chi connectivity index (χ4n) is 2.11. The molecule has 0 saturated carbocycles. The summed E-state index contributed by atoms with van der Waals surface area (Å²) in [5.41, 5.74) is 6.48. The normalized spacial score (nSPS) is 10.7. The van der Waals surface area contributed by atoms with Crippen molar-refractivity contribution in [2.24, 2.45) is 5.10 Å². The van der Waals surface area contributed by atoms with Crippen LogP contribution in [0.15, 0.2) is 70.4 Å². The minimum Gasteiger partial charge on any atom is -0.331 e. The van der Waals surface area contributed by atoms with Crippen LogP contribution in [-0.2, 0) is 0 Å². The van der Waals surface area contributed by atoms with Crippen LogP contribution in [0, 0.1) is 0 Å². The molecule has 0 aliphatic heterocycles. The van der Waals surface area contributed by atoms with E-state index in [1.54, 1.807) is 12.4 Å². The standard InChI is InChI=1S/C17H14BrN5S/c18-14-6-4-5-12(9-14)16-13(10-19-22-16)11-20-23-17(24)21-15-7-2-1-3-8-15/h1-11H,(H,19,22)(H2,21,23,24). The van der Waals surface area contributed by atoms with Gasteiger partial charge in [-0.3, -0.25) is 10.5 Å². The zero-order valence-electron chi connectivity index (χ0n) is 12.5. The van der Waals surface area contributed by atoms with Crippen LogP contribution in [0.4, 0.5) is 5.69 Å². The smallest absolute Gasteiger partial charge is 0.191 e. The lowest BCUT2D eigenvalue weighted by atomic mass is 10.1. The summed E-state index contributed by atoms with van der Waals surface area (Å²) in [5, 5.41) is 14.7. The fourth-order valence-corrected chi connectivity index (χ4v) is 2.68. The Morgan fingerprint density at radius 2 is 2.00 bits per heavy atom. The van der Waals surface area contributed by atoms with E-state index in [2.05, 4.69) is 42.0 Å². The minimum atomic E-state index is 0.421. The first-order valence-corrected chi connectivity index (χ1v) is 8.37. The van der Waals surface area contributed by atoms with Gasteiger partial charge in [0.1, 0.15) is 0 Å². The SMILES string of the molecule is S=C(NN=Cc1cn[nH]c1-c1cccc(Br)c1)Nc1ccccc1. The van der Waals surface area contributed by atoms with E-state index in [0.717, 1.165) is 27.0 Å². The molecule has 0 radical (unpaired) electrons. The second-order valence-electron chi connectivity index (χ2n) is 4.90. The Bertz CT molecular complexity index is 860. The number of nitrogens with zero attached hydrogens (tertiary/aromatic N) is 2. The second kappa shape index (κ2) is 7.85. The van der Waals surface area contributed by atoms with E-state index in [0.29, 0.717) is 5.11 Å². The fraction of sp³-hybridized carbons (Fsp3) is 0. The molecule has 3 N–H and O–H groups in total. The maximum atomic E-state index is 5.21. The number of aromatic amines is 1. The Balaban J connectivity index is 1.65. The number of hydrogen-bond donors (Lipinski definition) is 3. The molecule has 0 saturated heterocycles. The van der Waals surface area contributed by atoms with Crippen LogP contribution in [0.2, 0.25) is 0 Å². The molecule has 1 aromatic heterocycles. The van der Waals surface area contributed by atoms with Gasteiger partial charge in [-0.2, -0.15) is 10.2 Å². The van der Waals surface area contributed by atoms with Crippen molar-refractivity contribution in [2.75, 3.05) is 5.32 Å². The number of thiocarbonyl (C=S) groups is 1. The van der Waals surface area contributed by atoms with Gasteiger partial charge < -0.3 is 5.32 Å². The molecule has 3 rings (SSSR count). The van der Waals surface area contributed by atoms with E-state index in [9.17, 15) is 0 Å². The average Bonchev–Trinajstić information content (AvgIpc) is 3.04. The highest BCUT2D eigenvalue weighted by atomic mass is 79.9. The molecule has 24 heavy (non-hydrogen) atoms. The number of anilines is 1. The van der Waals surface area contributed by atoms with Gasteiger partial charge in [0.05, 0.1) is 18.1 Å². The molecule has 0 amide bonds. The zero-order chi connectivity index (χ0) is 16.8. The van der Waals surface area contributed by atoms with Crippen molar-refractivity contribution in [3.63, 3.8) is 0 Å². The van der Waals surface area contributed by atoms with Gasteiger partial charge in [0, 0.05) is 21.3 Å². The molecular weight excluding hydrogens is 386 g/mol. The number of nitrogens with one attached hydrogen (secondary N) is 3. The molecular formula is C17H14BrN5S. The quantitative estimate of drug-likeness (QED) is 0.350. The summed E-state index contributed by atoms with van der Waals surface area (Å²) in [6, 6.07) is 17.6. The van der Waals surface area contributed by atoms with Gasteiger partial charge >= 0.3 is 0 Å². The largest absolute Gasteiger partial charge is 0.331 e. The summed E-state index contributed by atoms with van der Waals surface area (Å²) >= 11 is 8.68. The predicted molar refractivity (Wildman–Crippen MR) is 105 cm³/mol. The lowest BCUT2D eigenvalue weighted by Crippen LogP contribution is -2.23. The Labute approximate surface area is 153 Å². The third kappa shape index (κ3) is 4.27. The molecule has 0 aliphatic rings. The van der Waals surface area contributed by atoms with Crippen LogP contribution in [0.5, 0.6) is 0 Å². The first kappa shape index (κ1) is 16.4. The van der Waals surface area contributed by atoms with Gasteiger partial charge in [-0.05, 0) is 36.5 Å². The summed E-state index contributed by atoms with van der Waals surface area (Å²) in [6.07, 6.45) is 3.40. The highest BCUT2D eigenvalue weighted by Crippen LogP contribution is 2.23. The van der Waals surface area contributed by atoms with Crippen LogP contribution >= 0.6 is 28.1 Å². The number of rotatable bonds is 4. The molecule has 5 nitrogen and oxygen atoms in total. The van der Waals surface area contributed by atoms with Crippen molar-refractivity contribution in [3.8, 4) is 11.3 Å². The monoisotopic (exact) mass is 399 g/mol. The summed E-state index contributed by atoms with van der Waals surface area (Å²) in [5.74, 6) is 0. The van der Waals surface area contributed by atoms with Gasteiger partial charge in [-0.15, -0.1) is 0 Å². The van der Waals surface area contributed by atoms with Gasteiger partial charge in [0.25, 0.3) is 0 Å². The number of halogens is 1. The topological polar surface area (TPSA) is 65.1 Å². The molecule has 0 spiro atoms. The van der Waals surface area contributed by atoms with Crippen molar-refractivity contribution in [1.82, 2.24) is 15.6 Å². The first-order chi connectivity index (χ1) is 11.7. The third-order valence-electron chi connectivity index (χ3n) is 3.18. The maximum absolute atomic E-state index is 5.21. The second-order valence-corrected chi connectivity index (χ2v) is 6.22. The Morgan fingerprint density at radius 3 is 2.79 bits per heavy atom. The van der Waals surface area contributed by atoms with Crippen molar-refractivity contribution in [2.45, 2.75) is 0 Å². The van der Waals surface area contributed by atoms with Crippen molar-refractivity contribution in [3.05, 3.63) is 70.8 Å². The Morgan fingerprint density at radius 1 is 1.17 bits per heavy atom. The molecule has 3 aromatic rings. The highest BCUT2D eigenvalue weighted by Gasteiger charge is 2.06. The number of H-pyrrole nitrogens is 1. The lowest BCUT2D eigenvalue weighted by molar-refractivity contribution is 1.05. The van der Waals surface area contributed by atoms with Gasteiger partial charge in [0.15, 0.2) is 5.11 Å². The van der Waals surface area contributed by atoms with Crippen LogP contribution in [0.3, 0.4) is 0 Å². The number of aromatic nitrogens is 2. The van der Waals surface area contributed by atoms with E-state index in [4.69, 9.17) is 12.2 Å². The molecule has 0 atom stereocenters. The molecule has 120 valence electrons. The number of hydrogen-bond acceptors (Lipinski definition) is 3. The summed E-state index contributed by atoms with van der Waals surface area (Å²) in [4.78, 5) is 0. The maximum Gasteiger partial charge on any atom is 0.191 e. The molecule has 2 aromatic carbocycles. The van der Waals surface area contributed by atoms with E-state index in [1.807, 2.05) is 54.6 Å². The third-order valence-corrected chi connectivity index (χ3v) is 3.87. The van der Waals surface area contributed by atoms with Crippen LogP contribution in [0.25, 0.3) is 11.3 Å². The van der Waals surface area contributed by atoms with Gasteiger partial charge in [-0.25, -0.2) is 0 Å². The zero-order valence-corrected chi connectivity index (χ0v) is 14.9. The number of para-hydroxylation sites is 1. The molecule has 1 heterocycles. The summed E-state index contributed by atoms with van der Waals surface area (Å²) in [6.45, 7) is 0. The summed E-state index contributed by atoms with van der Waals surface area (Å²) in [7, 11) is 0. The van der Waals surface area contributed by atoms with E-state index < -0.39 is 0 Å². The first-order valence-electron chi connectivity index (χ1n) is 7.17. The number of hydrazone groups is 1. The Kier molecular flexibility index (Phi) is 5.35. The molecule has 0 fully saturated rings. The predicted octanol–water partition coefficient (Wildman–Crippen LogP) is 4.16. The average molecular weight is 400 g/mol.